The van der Waals surface area contributed by atoms with E-state index in [4.69, 9.17) is 9.97 Å². The Labute approximate surface area is 230 Å². The van der Waals surface area contributed by atoms with Crippen molar-refractivity contribution < 1.29 is 0 Å². The number of hydrogen-bond donors (Lipinski definition) is 2. The van der Waals surface area contributed by atoms with Gasteiger partial charge in [0.1, 0.15) is 0 Å². The Kier molecular flexibility index (Phi) is 9.61. The largest absolute Gasteiger partial charge is 0.314 e. The van der Waals surface area contributed by atoms with Crippen LogP contribution in [0.4, 0.5) is 0 Å². The molecule has 2 fully saturated rings. The van der Waals surface area contributed by atoms with Crippen LogP contribution in [0.15, 0.2) is 28.0 Å². The number of hydrogen-bond acceptors (Lipinski definition) is 8. The first-order valence-corrected chi connectivity index (χ1v) is 15.9. The smallest absolute Gasteiger partial charge is 0.0767 e. The van der Waals surface area contributed by atoms with Crippen LogP contribution in [0, 0.1) is 20.8 Å². The van der Waals surface area contributed by atoms with Crippen molar-refractivity contribution >= 4 is 45.3 Å². The van der Waals surface area contributed by atoms with E-state index in [0.29, 0.717) is 0 Å². The molecule has 0 aliphatic carbocycles. The van der Waals surface area contributed by atoms with E-state index in [1.54, 1.807) is 0 Å². The number of nitrogens with zero attached hydrogens (tertiary/aromatic N) is 4. The molecule has 0 unspecified atom stereocenters. The number of fused-ring (bicyclic) bond motifs is 2. The van der Waals surface area contributed by atoms with Gasteiger partial charge in [0.15, 0.2) is 0 Å². The van der Waals surface area contributed by atoms with Crippen molar-refractivity contribution in [3.05, 3.63) is 35.2 Å². The zero-order chi connectivity index (χ0) is 25.6. The van der Waals surface area contributed by atoms with Crippen molar-refractivity contribution in [3.8, 4) is 0 Å². The summed E-state index contributed by atoms with van der Waals surface area (Å²) in [6.07, 6.45) is 2.43. The molecule has 0 radical (unpaired) electrons. The number of aryl methyl sites for hydroxylation is 3. The summed E-state index contributed by atoms with van der Waals surface area (Å²) in [6, 6.07) is 6.95. The Morgan fingerprint density at radius 1 is 0.676 bits per heavy atom. The monoisotopic (exact) mass is 538 g/mol. The van der Waals surface area contributed by atoms with Crippen LogP contribution in [-0.4, -0.2) is 96.7 Å². The van der Waals surface area contributed by atoms with E-state index in [-0.39, 0.29) is 0 Å². The summed E-state index contributed by atoms with van der Waals surface area (Å²) in [6.45, 7) is 18.0. The minimum atomic E-state index is 1.09. The highest BCUT2D eigenvalue weighted by atomic mass is 32.2. The van der Waals surface area contributed by atoms with Gasteiger partial charge in [-0.3, -0.25) is 9.97 Å². The van der Waals surface area contributed by atoms with Crippen LogP contribution in [0.25, 0.3) is 21.8 Å². The molecule has 0 spiro atoms. The van der Waals surface area contributed by atoms with Crippen LogP contribution in [0.1, 0.15) is 29.8 Å². The summed E-state index contributed by atoms with van der Waals surface area (Å²) in [7, 11) is 0. The van der Waals surface area contributed by atoms with Gasteiger partial charge >= 0.3 is 0 Å². The molecule has 0 atom stereocenters. The van der Waals surface area contributed by atoms with Crippen molar-refractivity contribution in [2.24, 2.45) is 0 Å². The highest BCUT2D eigenvalue weighted by Gasteiger charge is 2.16. The van der Waals surface area contributed by atoms with Crippen molar-refractivity contribution in [2.75, 3.05) is 77.0 Å². The van der Waals surface area contributed by atoms with Crippen LogP contribution in [0.2, 0.25) is 0 Å². The standard InChI is InChI=1S/C29H42N6S2/c1-21-18-26(36-16-4-10-34-12-6-30-7-13-34)24-20-25-27(37-17-5-11-35-14-8-31-9-15-35)19-22(2)33-29(25)23(3)28(24)32-21/h18-20,30-31H,4-17H2,1-3H3. The number of thioether (sulfide) groups is 2. The van der Waals surface area contributed by atoms with Gasteiger partial charge in [-0.1, -0.05) is 0 Å². The quantitative estimate of drug-likeness (QED) is 0.223. The van der Waals surface area contributed by atoms with Crippen molar-refractivity contribution in [2.45, 2.75) is 43.4 Å². The Morgan fingerprint density at radius 2 is 1.11 bits per heavy atom. The van der Waals surface area contributed by atoms with Crippen molar-refractivity contribution in [1.29, 1.82) is 0 Å². The zero-order valence-corrected chi connectivity index (χ0v) is 24.4. The fraction of sp³-hybridized carbons (Fsp3) is 0.586. The Hall–Kier alpha value is -1.42. The average molecular weight is 539 g/mol. The predicted octanol–water partition coefficient (Wildman–Crippen LogP) is 4.48. The van der Waals surface area contributed by atoms with Crippen molar-refractivity contribution in [1.82, 2.24) is 30.4 Å². The Balaban J connectivity index is 1.34. The third-order valence-corrected chi connectivity index (χ3v) is 9.75. The number of rotatable bonds is 10. The van der Waals surface area contributed by atoms with E-state index in [2.05, 4.69) is 59.4 Å². The van der Waals surface area contributed by atoms with E-state index in [1.807, 2.05) is 23.5 Å². The molecule has 37 heavy (non-hydrogen) atoms. The fourth-order valence-electron chi connectivity index (χ4n) is 5.46. The van der Waals surface area contributed by atoms with Gasteiger partial charge < -0.3 is 20.4 Å². The summed E-state index contributed by atoms with van der Waals surface area (Å²) in [5.74, 6) is 2.28. The van der Waals surface area contributed by atoms with Gasteiger partial charge in [0, 0.05) is 89.9 Å². The molecule has 3 aromatic rings. The third kappa shape index (κ3) is 6.97. The van der Waals surface area contributed by atoms with Crippen molar-refractivity contribution in [3.63, 3.8) is 0 Å². The van der Waals surface area contributed by atoms with E-state index in [1.165, 1.54) is 78.2 Å². The Bertz CT molecular complexity index is 1110. The summed E-state index contributed by atoms with van der Waals surface area (Å²) in [5.41, 5.74) is 5.63. The molecule has 2 aromatic heterocycles. The number of nitrogens with one attached hydrogen (secondary N) is 2. The SMILES string of the molecule is Cc1cc(SCCCN2CCNCC2)c2cc3c(SCCCN4CCNCC4)cc(C)nc3c(C)c2n1. The number of pyridine rings is 2. The maximum absolute atomic E-state index is 4.99. The maximum atomic E-state index is 4.99. The molecule has 8 heteroatoms. The number of aromatic nitrogens is 2. The van der Waals surface area contributed by atoms with Crippen LogP contribution < -0.4 is 10.6 Å². The van der Waals surface area contributed by atoms with E-state index < -0.39 is 0 Å². The minimum Gasteiger partial charge on any atom is -0.314 e. The first-order chi connectivity index (χ1) is 18.1. The van der Waals surface area contributed by atoms with Crippen LogP contribution in [0.5, 0.6) is 0 Å². The molecule has 0 saturated carbocycles. The molecule has 0 bridgehead atoms. The highest BCUT2D eigenvalue weighted by Crippen LogP contribution is 2.37. The third-order valence-electron chi connectivity index (χ3n) is 7.47. The van der Waals surface area contributed by atoms with Gasteiger partial charge in [0.2, 0.25) is 0 Å². The lowest BCUT2D eigenvalue weighted by molar-refractivity contribution is 0.242. The highest BCUT2D eigenvalue weighted by molar-refractivity contribution is 7.99. The van der Waals surface area contributed by atoms with Gasteiger partial charge in [0.25, 0.3) is 0 Å². The van der Waals surface area contributed by atoms with Crippen LogP contribution >= 0.6 is 23.5 Å². The lowest BCUT2D eigenvalue weighted by atomic mass is 10.0. The van der Waals surface area contributed by atoms with Gasteiger partial charge in [-0.2, -0.15) is 0 Å². The summed E-state index contributed by atoms with van der Waals surface area (Å²) < 4.78 is 0. The van der Waals surface area contributed by atoms with Gasteiger partial charge in [0.05, 0.1) is 11.0 Å². The fourth-order valence-corrected chi connectivity index (χ4v) is 7.58. The summed E-state index contributed by atoms with van der Waals surface area (Å²) in [4.78, 5) is 17.9. The molecule has 6 nitrogen and oxygen atoms in total. The van der Waals surface area contributed by atoms with Gasteiger partial charge in [-0.25, -0.2) is 0 Å². The lowest BCUT2D eigenvalue weighted by Crippen LogP contribution is -2.43. The molecule has 200 valence electrons. The normalized spacial score (nSPS) is 17.7. The van der Waals surface area contributed by atoms with Gasteiger partial charge in [-0.15, -0.1) is 23.5 Å². The molecule has 4 heterocycles. The second-order valence-electron chi connectivity index (χ2n) is 10.4. The predicted molar refractivity (Wildman–Crippen MR) is 161 cm³/mol. The lowest BCUT2D eigenvalue weighted by Gasteiger charge is -2.27. The van der Waals surface area contributed by atoms with E-state index in [9.17, 15) is 0 Å². The van der Waals surface area contributed by atoms with Crippen LogP contribution in [-0.2, 0) is 0 Å². The number of benzene rings is 1. The summed E-state index contributed by atoms with van der Waals surface area (Å²) in [5, 5.41) is 9.48. The maximum Gasteiger partial charge on any atom is 0.0767 e. The zero-order valence-electron chi connectivity index (χ0n) is 22.7. The van der Waals surface area contributed by atoms with E-state index >= 15 is 0 Å². The summed E-state index contributed by atoms with van der Waals surface area (Å²) >= 11 is 3.99. The average Bonchev–Trinajstić information content (AvgIpc) is 2.91. The first kappa shape index (κ1) is 27.2. The molecular weight excluding hydrogens is 496 g/mol. The molecule has 1 aromatic carbocycles. The topological polar surface area (TPSA) is 56.3 Å². The molecule has 2 aliphatic rings. The molecule has 0 amide bonds. The van der Waals surface area contributed by atoms with Gasteiger partial charge in [-0.05, 0) is 76.4 Å². The second-order valence-corrected chi connectivity index (χ2v) is 12.7. The van der Waals surface area contributed by atoms with E-state index in [0.717, 1.165) is 60.1 Å². The molecule has 5 rings (SSSR count). The molecule has 2 saturated heterocycles. The van der Waals surface area contributed by atoms with Crippen LogP contribution in [0.3, 0.4) is 0 Å². The minimum absolute atomic E-state index is 1.09. The molecular formula is C29H42N6S2. The first-order valence-electron chi connectivity index (χ1n) is 13.9. The Morgan fingerprint density at radius 3 is 1.54 bits per heavy atom. The number of piperazine rings is 2. The second kappa shape index (κ2) is 13.1. The molecule has 2 aliphatic heterocycles. The molecule has 2 N–H and O–H groups in total.